The van der Waals surface area contributed by atoms with Crippen molar-refractivity contribution in [2.45, 2.75) is 39.7 Å². The first-order valence-electron chi connectivity index (χ1n) is 8.90. The molecule has 26 heavy (non-hydrogen) atoms. The third-order valence-corrected chi connectivity index (χ3v) is 4.33. The zero-order chi connectivity index (χ0) is 18.2. The molecule has 1 aromatic carbocycles. The Balaban J connectivity index is 0.00000338. The molecule has 7 heteroatoms. The molecule has 0 bridgehead atoms. The van der Waals surface area contributed by atoms with E-state index in [1.165, 1.54) is 16.0 Å². The van der Waals surface area contributed by atoms with Gasteiger partial charge in [0.25, 0.3) is 0 Å². The third kappa shape index (κ3) is 6.26. The molecule has 0 atom stereocenters. The fraction of sp³-hybridized carbons (Fsp3) is 0.526. The van der Waals surface area contributed by atoms with Gasteiger partial charge in [0.15, 0.2) is 5.96 Å². The van der Waals surface area contributed by atoms with Gasteiger partial charge in [-0.25, -0.2) is 0 Å². The van der Waals surface area contributed by atoms with Gasteiger partial charge in [0, 0.05) is 39.5 Å². The fourth-order valence-electron chi connectivity index (χ4n) is 2.89. The number of hydrogen-bond acceptors (Lipinski definition) is 3. The van der Waals surface area contributed by atoms with Crippen molar-refractivity contribution in [1.82, 2.24) is 15.1 Å². The van der Waals surface area contributed by atoms with Crippen molar-refractivity contribution < 1.29 is 9.59 Å². The minimum Gasteiger partial charge on any atom is -0.357 e. The lowest BCUT2D eigenvalue weighted by Gasteiger charge is -2.25. The van der Waals surface area contributed by atoms with E-state index in [0.29, 0.717) is 32.4 Å². The van der Waals surface area contributed by atoms with E-state index in [4.69, 9.17) is 0 Å². The molecule has 2 amide bonds. The molecule has 144 valence electrons. The number of imide groups is 1. The normalized spacial score (nSPS) is 14.9. The van der Waals surface area contributed by atoms with Crippen LogP contribution in [0.25, 0.3) is 0 Å². The van der Waals surface area contributed by atoms with Crippen molar-refractivity contribution in [3.05, 3.63) is 35.4 Å². The number of amides is 2. The number of aryl methyl sites for hydroxylation is 1. The summed E-state index contributed by atoms with van der Waals surface area (Å²) in [5.74, 6) is 0.622. The molecule has 0 unspecified atom stereocenters. The van der Waals surface area contributed by atoms with E-state index in [9.17, 15) is 9.59 Å². The number of aliphatic imine (C=N–C) groups is 1. The second-order valence-electron chi connectivity index (χ2n) is 6.31. The molecule has 0 aromatic heterocycles. The van der Waals surface area contributed by atoms with Crippen molar-refractivity contribution in [3.8, 4) is 0 Å². The van der Waals surface area contributed by atoms with Gasteiger partial charge in [0.1, 0.15) is 0 Å². The summed E-state index contributed by atoms with van der Waals surface area (Å²) in [6.07, 6.45) is 1.59. The van der Waals surface area contributed by atoms with E-state index in [-0.39, 0.29) is 35.8 Å². The zero-order valence-corrected chi connectivity index (χ0v) is 18.2. The Hall–Kier alpha value is -1.64. The molecule has 1 aliphatic rings. The van der Waals surface area contributed by atoms with Crippen LogP contribution < -0.4 is 5.32 Å². The number of carbonyl (C=O) groups is 2. The molecule has 1 saturated heterocycles. The van der Waals surface area contributed by atoms with Gasteiger partial charge in [-0.15, -0.1) is 24.0 Å². The Bertz CT molecular complexity index is 632. The summed E-state index contributed by atoms with van der Waals surface area (Å²) in [5, 5.41) is 3.27. The summed E-state index contributed by atoms with van der Waals surface area (Å²) >= 11 is 0. The highest BCUT2D eigenvalue weighted by atomic mass is 127. The van der Waals surface area contributed by atoms with Crippen LogP contribution in [0.2, 0.25) is 0 Å². The lowest BCUT2D eigenvalue weighted by Crippen LogP contribution is -2.42. The molecule has 0 saturated carbocycles. The number of hydrogen-bond donors (Lipinski definition) is 1. The van der Waals surface area contributed by atoms with Crippen LogP contribution in [0, 0.1) is 6.92 Å². The number of nitrogens with zero attached hydrogens (tertiary/aromatic N) is 3. The summed E-state index contributed by atoms with van der Waals surface area (Å²) in [7, 11) is 1.99. The van der Waals surface area contributed by atoms with E-state index in [1.54, 1.807) is 0 Å². The first kappa shape index (κ1) is 22.4. The van der Waals surface area contributed by atoms with Crippen molar-refractivity contribution in [2.75, 3.05) is 26.7 Å². The zero-order valence-electron chi connectivity index (χ0n) is 15.8. The standard InChI is InChI=1S/C19H28N4O2.HI/c1-4-20-19(22(3)14-16-9-6-5-8-15(16)2)21-12-13-23-17(24)10-7-11-18(23)25;/h5-6,8-9H,4,7,10-14H2,1-3H3,(H,20,21);1H. The second-order valence-corrected chi connectivity index (χ2v) is 6.31. The number of nitrogens with one attached hydrogen (secondary N) is 1. The fourth-order valence-corrected chi connectivity index (χ4v) is 2.89. The monoisotopic (exact) mass is 472 g/mol. The van der Waals surface area contributed by atoms with Crippen LogP contribution in [0.1, 0.15) is 37.3 Å². The average Bonchev–Trinajstić information content (AvgIpc) is 2.58. The number of piperidine rings is 1. The Morgan fingerprint density at radius 1 is 1.23 bits per heavy atom. The molecule has 0 spiro atoms. The Labute approximate surface area is 173 Å². The lowest BCUT2D eigenvalue weighted by molar-refractivity contribution is -0.147. The van der Waals surface area contributed by atoms with Crippen LogP contribution in [0.3, 0.4) is 0 Å². The minimum atomic E-state index is -0.0790. The van der Waals surface area contributed by atoms with Gasteiger partial charge >= 0.3 is 0 Å². The second kappa shape index (κ2) is 11.2. The molecular formula is C19H29IN4O2. The topological polar surface area (TPSA) is 65.0 Å². The van der Waals surface area contributed by atoms with Crippen LogP contribution in [-0.2, 0) is 16.1 Å². The Kier molecular flexibility index (Phi) is 9.61. The van der Waals surface area contributed by atoms with Gasteiger partial charge in [-0.3, -0.25) is 19.5 Å². The van der Waals surface area contributed by atoms with E-state index in [2.05, 4.69) is 34.3 Å². The van der Waals surface area contributed by atoms with E-state index in [0.717, 1.165) is 19.0 Å². The number of benzene rings is 1. The number of carbonyl (C=O) groups excluding carboxylic acids is 2. The summed E-state index contributed by atoms with van der Waals surface area (Å²) in [6, 6.07) is 8.28. The maximum atomic E-state index is 11.8. The smallest absolute Gasteiger partial charge is 0.229 e. The van der Waals surface area contributed by atoms with Crippen molar-refractivity contribution in [1.29, 1.82) is 0 Å². The first-order valence-corrected chi connectivity index (χ1v) is 8.90. The van der Waals surface area contributed by atoms with Crippen molar-refractivity contribution in [2.24, 2.45) is 4.99 Å². The van der Waals surface area contributed by atoms with Gasteiger partial charge < -0.3 is 10.2 Å². The minimum absolute atomic E-state index is 0. The van der Waals surface area contributed by atoms with Crippen LogP contribution >= 0.6 is 24.0 Å². The molecule has 1 aromatic rings. The van der Waals surface area contributed by atoms with E-state index >= 15 is 0 Å². The number of halogens is 1. The summed E-state index contributed by atoms with van der Waals surface area (Å²) in [4.78, 5) is 31.7. The first-order chi connectivity index (χ1) is 12.0. The quantitative estimate of drug-likeness (QED) is 0.299. The van der Waals surface area contributed by atoms with Gasteiger partial charge in [-0.1, -0.05) is 24.3 Å². The van der Waals surface area contributed by atoms with Gasteiger partial charge in [-0.2, -0.15) is 0 Å². The number of guanidine groups is 1. The van der Waals surface area contributed by atoms with Gasteiger partial charge in [0.2, 0.25) is 11.8 Å². The van der Waals surface area contributed by atoms with Crippen LogP contribution in [0.4, 0.5) is 0 Å². The number of rotatable bonds is 6. The molecule has 1 N–H and O–H groups in total. The predicted molar refractivity (Wildman–Crippen MR) is 115 cm³/mol. The highest BCUT2D eigenvalue weighted by Gasteiger charge is 2.25. The highest BCUT2D eigenvalue weighted by Crippen LogP contribution is 2.12. The molecule has 0 radical (unpaired) electrons. The summed E-state index contributed by atoms with van der Waals surface area (Å²) < 4.78 is 0. The Morgan fingerprint density at radius 3 is 2.50 bits per heavy atom. The van der Waals surface area contributed by atoms with Crippen LogP contribution in [0.5, 0.6) is 0 Å². The average molecular weight is 472 g/mol. The maximum Gasteiger partial charge on any atom is 0.229 e. The summed E-state index contributed by atoms with van der Waals surface area (Å²) in [5.41, 5.74) is 2.49. The maximum absolute atomic E-state index is 11.8. The third-order valence-electron chi connectivity index (χ3n) is 4.33. The summed E-state index contributed by atoms with van der Waals surface area (Å²) in [6.45, 7) is 6.40. The SMILES string of the molecule is CCNC(=NCCN1C(=O)CCCC1=O)N(C)Cc1ccccc1C.I. The molecule has 6 nitrogen and oxygen atoms in total. The largest absolute Gasteiger partial charge is 0.357 e. The van der Waals surface area contributed by atoms with Crippen molar-refractivity contribution in [3.63, 3.8) is 0 Å². The van der Waals surface area contributed by atoms with Gasteiger partial charge in [-0.05, 0) is 31.4 Å². The molecular weight excluding hydrogens is 443 g/mol. The van der Waals surface area contributed by atoms with Crippen LogP contribution in [-0.4, -0.2) is 54.3 Å². The molecule has 2 rings (SSSR count). The van der Waals surface area contributed by atoms with Crippen LogP contribution in [0.15, 0.2) is 29.3 Å². The van der Waals surface area contributed by atoms with E-state index in [1.807, 2.05) is 26.1 Å². The molecule has 1 aliphatic heterocycles. The van der Waals surface area contributed by atoms with Gasteiger partial charge in [0.05, 0.1) is 6.54 Å². The molecule has 1 heterocycles. The lowest BCUT2D eigenvalue weighted by atomic mass is 10.1. The number of likely N-dealkylation sites (tertiary alicyclic amines) is 1. The van der Waals surface area contributed by atoms with E-state index < -0.39 is 0 Å². The molecule has 1 fully saturated rings. The molecule has 0 aliphatic carbocycles. The van der Waals surface area contributed by atoms with Crippen molar-refractivity contribution >= 4 is 41.8 Å². The predicted octanol–water partition coefficient (Wildman–Crippen LogP) is 2.55. The highest BCUT2D eigenvalue weighted by molar-refractivity contribution is 14.0. The Morgan fingerprint density at radius 2 is 1.88 bits per heavy atom.